The number of nitrogens with one attached hydrogen (secondary N) is 1. The number of carbonyl (C=O) groups excluding carboxylic acids is 2. The fourth-order valence-electron chi connectivity index (χ4n) is 3.26. The lowest BCUT2D eigenvalue weighted by molar-refractivity contribution is -0.119. The van der Waals surface area contributed by atoms with E-state index in [1.54, 1.807) is 23.1 Å². The zero-order valence-electron chi connectivity index (χ0n) is 14.7. The Labute approximate surface area is 155 Å². The van der Waals surface area contributed by atoms with Gasteiger partial charge < -0.3 is 14.6 Å². The lowest BCUT2D eigenvalue weighted by Crippen LogP contribution is -2.43. The minimum Gasteiger partial charge on any atom is -0.459 e. The van der Waals surface area contributed by atoms with Crippen molar-refractivity contribution in [3.05, 3.63) is 54.2 Å². The first-order chi connectivity index (χ1) is 13.1. The van der Waals surface area contributed by atoms with Crippen LogP contribution in [-0.4, -0.2) is 49.5 Å². The van der Waals surface area contributed by atoms with E-state index < -0.39 is 6.04 Å². The number of nitrogens with zero attached hydrogens (tertiary/aromatic N) is 5. The van der Waals surface area contributed by atoms with Crippen LogP contribution < -0.4 is 5.32 Å². The number of tetrazole rings is 1. The standard InChI is InChI=1S/C18H18N6O3/c1-12-6-7-13(10-15(12)24-11-19-21-22-24)20-17(25)14-4-2-8-23(14)18(26)16-5-3-9-27-16/h3,5-7,9-11,14H,2,4,8H2,1H3,(H,20,25)/t14-/m0/s1. The summed E-state index contributed by atoms with van der Waals surface area (Å²) >= 11 is 0. The van der Waals surface area contributed by atoms with Crippen LogP contribution in [0.4, 0.5) is 5.69 Å². The van der Waals surface area contributed by atoms with Gasteiger partial charge in [0.25, 0.3) is 5.91 Å². The highest BCUT2D eigenvalue weighted by Crippen LogP contribution is 2.23. The third-order valence-electron chi connectivity index (χ3n) is 4.62. The largest absolute Gasteiger partial charge is 0.459 e. The van der Waals surface area contributed by atoms with Crippen LogP contribution in [0, 0.1) is 6.92 Å². The topological polar surface area (TPSA) is 106 Å². The van der Waals surface area contributed by atoms with E-state index in [-0.39, 0.29) is 17.6 Å². The lowest BCUT2D eigenvalue weighted by Gasteiger charge is -2.23. The summed E-state index contributed by atoms with van der Waals surface area (Å²) in [4.78, 5) is 26.9. The molecular formula is C18H18N6O3. The number of carbonyl (C=O) groups is 2. The van der Waals surface area contributed by atoms with Gasteiger partial charge in [-0.25, -0.2) is 4.68 Å². The van der Waals surface area contributed by atoms with E-state index in [1.807, 2.05) is 19.1 Å². The van der Waals surface area contributed by atoms with Crippen LogP contribution in [0.2, 0.25) is 0 Å². The fraction of sp³-hybridized carbons (Fsp3) is 0.278. The average molecular weight is 366 g/mol. The molecule has 1 fully saturated rings. The van der Waals surface area contributed by atoms with E-state index in [4.69, 9.17) is 4.42 Å². The maximum Gasteiger partial charge on any atom is 0.290 e. The van der Waals surface area contributed by atoms with Crippen molar-refractivity contribution in [2.45, 2.75) is 25.8 Å². The van der Waals surface area contributed by atoms with Crippen molar-refractivity contribution < 1.29 is 14.0 Å². The second-order valence-corrected chi connectivity index (χ2v) is 6.38. The summed E-state index contributed by atoms with van der Waals surface area (Å²) in [6, 6.07) is 8.23. The Morgan fingerprint density at radius 1 is 1.30 bits per heavy atom. The first kappa shape index (κ1) is 17.0. The van der Waals surface area contributed by atoms with Gasteiger partial charge in [0.05, 0.1) is 12.0 Å². The van der Waals surface area contributed by atoms with Gasteiger partial charge in [0, 0.05) is 12.2 Å². The lowest BCUT2D eigenvalue weighted by atomic mass is 10.1. The summed E-state index contributed by atoms with van der Waals surface area (Å²) < 4.78 is 6.71. The van der Waals surface area contributed by atoms with Crippen LogP contribution in [0.3, 0.4) is 0 Å². The number of anilines is 1. The zero-order valence-corrected chi connectivity index (χ0v) is 14.7. The zero-order chi connectivity index (χ0) is 18.8. The highest BCUT2D eigenvalue weighted by molar-refractivity contribution is 6.00. The Hall–Kier alpha value is -3.49. The number of rotatable bonds is 4. The molecule has 0 saturated carbocycles. The van der Waals surface area contributed by atoms with Crippen LogP contribution in [0.15, 0.2) is 47.3 Å². The molecule has 0 unspecified atom stereocenters. The average Bonchev–Trinajstić information content (AvgIpc) is 3.43. The molecule has 0 aliphatic carbocycles. The molecule has 3 aromatic rings. The Balaban J connectivity index is 1.52. The van der Waals surface area contributed by atoms with Crippen molar-refractivity contribution in [3.63, 3.8) is 0 Å². The SMILES string of the molecule is Cc1ccc(NC(=O)[C@@H]2CCCN2C(=O)c2ccco2)cc1-n1cnnn1. The smallest absolute Gasteiger partial charge is 0.290 e. The quantitative estimate of drug-likeness (QED) is 0.755. The van der Waals surface area contributed by atoms with Gasteiger partial charge in [-0.05, 0) is 60.0 Å². The third kappa shape index (κ3) is 3.31. The number of hydrogen-bond acceptors (Lipinski definition) is 6. The van der Waals surface area contributed by atoms with Crippen molar-refractivity contribution in [1.29, 1.82) is 0 Å². The van der Waals surface area contributed by atoms with E-state index in [1.165, 1.54) is 17.3 Å². The molecule has 0 radical (unpaired) electrons. The van der Waals surface area contributed by atoms with Crippen LogP contribution in [0.25, 0.3) is 5.69 Å². The highest BCUT2D eigenvalue weighted by Gasteiger charge is 2.35. The summed E-state index contributed by atoms with van der Waals surface area (Å²) in [6.45, 7) is 2.46. The second-order valence-electron chi connectivity index (χ2n) is 6.38. The first-order valence-corrected chi connectivity index (χ1v) is 8.63. The van der Waals surface area contributed by atoms with Crippen molar-refractivity contribution in [1.82, 2.24) is 25.1 Å². The molecule has 27 heavy (non-hydrogen) atoms. The molecule has 3 heterocycles. The van der Waals surface area contributed by atoms with Gasteiger partial charge in [0.2, 0.25) is 5.91 Å². The molecule has 1 aliphatic heterocycles. The minimum atomic E-state index is -0.527. The van der Waals surface area contributed by atoms with Crippen LogP contribution in [0.1, 0.15) is 29.0 Å². The molecule has 9 heteroatoms. The number of furan rings is 1. The molecule has 138 valence electrons. The van der Waals surface area contributed by atoms with Crippen LogP contribution in [0.5, 0.6) is 0 Å². The number of amides is 2. The summed E-state index contributed by atoms with van der Waals surface area (Å²) in [5, 5.41) is 14.1. The first-order valence-electron chi connectivity index (χ1n) is 8.63. The molecule has 1 aliphatic rings. The van der Waals surface area contributed by atoms with E-state index >= 15 is 0 Å². The monoisotopic (exact) mass is 366 g/mol. The predicted octanol–water partition coefficient (Wildman–Crippen LogP) is 1.81. The summed E-state index contributed by atoms with van der Waals surface area (Å²) in [6.07, 6.45) is 4.33. The van der Waals surface area contributed by atoms with Crippen molar-refractivity contribution in [3.8, 4) is 5.69 Å². The normalized spacial score (nSPS) is 16.5. The van der Waals surface area contributed by atoms with E-state index in [0.29, 0.717) is 18.7 Å². The predicted molar refractivity (Wildman–Crippen MR) is 95.3 cm³/mol. The summed E-state index contributed by atoms with van der Waals surface area (Å²) in [5.74, 6) is -0.249. The van der Waals surface area contributed by atoms with Crippen LogP contribution >= 0.6 is 0 Å². The Bertz CT molecular complexity index is 952. The van der Waals surface area contributed by atoms with Gasteiger partial charge in [-0.15, -0.1) is 5.10 Å². The molecule has 2 aromatic heterocycles. The maximum atomic E-state index is 12.8. The Morgan fingerprint density at radius 2 is 2.19 bits per heavy atom. The van der Waals surface area contributed by atoms with Gasteiger partial charge in [-0.1, -0.05) is 6.07 Å². The summed E-state index contributed by atoms with van der Waals surface area (Å²) in [5.41, 5.74) is 2.36. The van der Waals surface area contributed by atoms with Crippen molar-refractivity contribution in [2.24, 2.45) is 0 Å². The van der Waals surface area contributed by atoms with Gasteiger partial charge in [0.15, 0.2) is 5.76 Å². The second kappa shape index (κ2) is 7.02. The van der Waals surface area contributed by atoms with Gasteiger partial charge in [-0.3, -0.25) is 9.59 Å². The van der Waals surface area contributed by atoms with Gasteiger partial charge in [0.1, 0.15) is 12.4 Å². The molecule has 1 saturated heterocycles. The van der Waals surface area contributed by atoms with E-state index in [2.05, 4.69) is 20.8 Å². The van der Waals surface area contributed by atoms with Gasteiger partial charge in [-0.2, -0.15) is 0 Å². The molecule has 2 amide bonds. The van der Waals surface area contributed by atoms with Crippen molar-refractivity contribution in [2.75, 3.05) is 11.9 Å². The molecule has 1 aromatic carbocycles. The van der Waals surface area contributed by atoms with Crippen molar-refractivity contribution >= 4 is 17.5 Å². The highest BCUT2D eigenvalue weighted by atomic mass is 16.3. The number of aromatic nitrogens is 4. The van der Waals surface area contributed by atoms with Crippen LogP contribution in [-0.2, 0) is 4.79 Å². The minimum absolute atomic E-state index is 0.223. The summed E-state index contributed by atoms with van der Waals surface area (Å²) in [7, 11) is 0. The molecule has 0 bridgehead atoms. The Morgan fingerprint density at radius 3 is 2.93 bits per heavy atom. The molecule has 0 spiro atoms. The van der Waals surface area contributed by atoms with E-state index in [0.717, 1.165) is 17.7 Å². The molecular weight excluding hydrogens is 348 g/mol. The number of likely N-dealkylation sites (tertiary alicyclic amines) is 1. The molecule has 1 N–H and O–H groups in total. The molecule has 1 atom stereocenters. The molecule has 9 nitrogen and oxygen atoms in total. The maximum absolute atomic E-state index is 12.8. The third-order valence-corrected chi connectivity index (χ3v) is 4.62. The molecule has 4 rings (SSSR count). The fourth-order valence-corrected chi connectivity index (χ4v) is 3.26. The Kier molecular flexibility index (Phi) is 4.41. The number of hydrogen-bond donors (Lipinski definition) is 1. The number of aryl methyl sites for hydroxylation is 1. The van der Waals surface area contributed by atoms with E-state index in [9.17, 15) is 9.59 Å². The van der Waals surface area contributed by atoms with Gasteiger partial charge >= 0.3 is 0 Å². The number of benzene rings is 1.